The van der Waals surface area contributed by atoms with Crippen molar-refractivity contribution in [1.82, 2.24) is 4.90 Å². The van der Waals surface area contributed by atoms with Crippen LogP contribution in [0.1, 0.15) is 33.4 Å². The van der Waals surface area contributed by atoms with Gasteiger partial charge in [-0.15, -0.1) is 0 Å². The molecule has 0 aliphatic heterocycles. The van der Waals surface area contributed by atoms with E-state index >= 15 is 0 Å². The van der Waals surface area contributed by atoms with Crippen LogP contribution in [0.4, 0.5) is 11.4 Å². The Morgan fingerprint density at radius 2 is 1.03 bits per heavy atom. The molecule has 2 aromatic rings. The van der Waals surface area contributed by atoms with Crippen LogP contribution in [0.3, 0.4) is 0 Å². The molecule has 0 saturated carbocycles. The van der Waals surface area contributed by atoms with Gasteiger partial charge >= 0.3 is 0 Å². The Kier molecular flexibility index (Phi) is 8.99. The SMILES string of the molecule is COCCN(CCNc1c(C)cc(C)cc1C)CCNc1c(C)cc(C)cc1C. The molecule has 0 fully saturated rings. The van der Waals surface area contributed by atoms with E-state index in [-0.39, 0.29) is 0 Å². The van der Waals surface area contributed by atoms with Gasteiger partial charge in [0.05, 0.1) is 6.61 Å². The smallest absolute Gasteiger partial charge is 0.0589 e. The number of ether oxygens (including phenoxy) is 1. The lowest BCUT2D eigenvalue weighted by Gasteiger charge is -2.24. The van der Waals surface area contributed by atoms with E-state index in [4.69, 9.17) is 4.74 Å². The van der Waals surface area contributed by atoms with Gasteiger partial charge in [-0.3, -0.25) is 4.90 Å². The van der Waals surface area contributed by atoms with E-state index in [2.05, 4.69) is 81.3 Å². The number of anilines is 2. The van der Waals surface area contributed by atoms with Crippen LogP contribution in [0, 0.1) is 41.5 Å². The van der Waals surface area contributed by atoms with Crippen LogP contribution >= 0.6 is 0 Å². The first-order chi connectivity index (χ1) is 13.8. The summed E-state index contributed by atoms with van der Waals surface area (Å²) in [6.45, 7) is 18.6. The number of rotatable bonds is 11. The largest absolute Gasteiger partial charge is 0.383 e. The Bertz CT molecular complexity index is 691. The molecule has 0 aliphatic rings. The van der Waals surface area contributed by atoms with Gasteiger partial charge in [-0.25, -0.2) is 0 Å². The average Bonchev–Trinajstić information content (AvgIpc) is 2.63. The summed E-state index contributed by atoms with van der Waals surface area (Å²) >= 11 is 0. The number of benzene rings is 2. The molecule has 0 bridgehead atoms. The molecule has 0 saturated heterocycles. The molecule has 0 spiro atoms. The zero-order chi connectivity index (χ0) is 21.4. The van der Waals surface area contributed by atoms with Gasteiger partial charge in [0.25, 0.3) is 0 Å². The van der Waals surface area contributed by atoms with Crippen LogP contribution in [-0.4, -0.2) is 51.3 Å². The highest BCUT2D eigenvalue weighted by atomic mass is 16.5. The number of nitrogens with one attached hydrogen (secondary N) is 2. The molecule has 0 aliphatic carbocycles. The van der Waals surface area contributed by atoms with E-state index in [1.807, 2.05) is 0 Å². The van der Waals surface area contributed by atoms with Gasteiger partial charge in [0.1, 0.15) is 0 Å². The third-order valence-corrected chi connectivity index (χ3v) is 5.43. The van der Waals surface area contributed by atoms with Crippen molar-refractivity contribution in [2.75, 3.05) is 57.1 Å². The van der Waals surface area contributed by atoms with Crippen LogP contribution in [-0.2, 0) is 4.74 Å². The lowest BCUT2D eigenvalue weighted by atomic mass is 10.1. The van der Waals surface area contributed by atoms with Crippen molar-refractivity contribution in [2.24, 2.45) is 0 Å². The van der Waals surface area contributed by atoms with Gasteiger partial charge in [-0.1, -0.05) is 35.4 Å². The molecule has 160 valence electrons. The fraction of sp³-hybridized carbons (Fsp3) is 0.520. The molecule has 4 heteroatoms. The lowest BCUT2D eigenvalue weighted by Crippen LogP contribution is -2.36. The molecule has 2 N–H and O–H groups in total. The second-order valence-electron chi connectivity index (χ2n) is 8.24. The number of hydrogen-bond donors (Lipinski definition) is 2. The Morgan fingerprint density at radius 3 is 1.38 bits per heavy atom. The minimum atomic E-state index is 0.755. The van der Waals surface area contributed by atoms with E-state index in [9.17, 15) is 0 Å². The molecule has 0 aromatic heterocycles. The van der Waals surface area contributed by atoms with Crippen molar-refractivity contribution in [1.29, 1.82) is 0 Å². The Labute approximate surface area is 177 Å². The molecule has 0 atom stereocenters. The second-order valence-corrected chi connectivity index (χ2v) is 8.24. The maximum Gasteiger partial charge on any atom is 0.0589 e. The predicted octanol–water partition coefficient (Wildman–Crippen LogP) is 5.01. The van der Waals surface area contributed by atoms with Crippen LogP contribution in [0.15, 0.2) is 24.3 Å². The molecule has 0 amide bonds. The Hall–Kier alpha value is -2.04. The van der Waals surface area contributed by atoms with Gasteiger partial charge < -0.3 is 15.4 Å². The Morgan fingerprint density at radius 1 is 0.655 bits per heavy atom. The van der Waals surface area contributed by atoms with E-state index in [1.54, 1.807) is 7.11 Å². The van der Waals surface area contributed by atoms with Gasteiger partial charge in [-0.2, -0.15) is 0 Å². The predicted molar refractivity (Wildman–Crippen MR) is 127 cm³/mol. The monoisotopic (exact) mass is 397 g/mol. The van der Waals surface area contributed by atoms with Crippen molar-refractivity contribution >= 4 is 11.4 Å². The zero-order valence-corrected chi connectivity index (χ0v) is 19.4. The van der Waals surface area contributed by atoms with Gasteiger partial charge in [0.2, 0.25) is 0 Å². The number of methoxy groups -OCH3 is 1. The molecule has 0 radical (unpaired) electrons. The summed E-state index contributed by atoms with van der Waals surface area (Å²) in [5, 5.41) is 7.29. The van der Waals surface area contributed by atoms with Crippen molar-refractivity contribution in [3.8, 4) is 0 Å². The minimum Gasteiger partial charge on any atom is -0.383 e. The van der Waals surface area contributed by atoms with Crippen LogP contribution < -0.4 is 10.6 Å². The fourth-order valence-corrected chi connectivity index (χ4v) is 4.15. The number of nitrogens with zero attached hydrogens (tertiary/aromatic N) is 1. The quantitative estimate of drug-likeness (QED) is 0.559. The Balaban J connectivity index is 1.89. The molecule has 4 nitrogen and oxygen atoms in total. The summed E-state index contributed by atoms with van der Waals surface area (Å²) in [6.07, 6.45) is 0. The lowest BCUT2D eigenvalue weighted by molar-refractivity contribution is 0.152. The molecule has 29 heavy (non-hydrogen) atoms. The van der Waals surface area contributed by atoms with Crippen LogP contribution in [0.2, 0.25) is 0 Å². The maximum absolute atomic E-state index is 5.32. The number of hydrogen-bond acceptors (Lipinski definition) is 4. The van der Waals surface area contributed by atoms with Gasteiger partial charge in [0.15, 0.2) is 0 Å². The third-order valence-electron chi connectivity index (χ3n) is 5.43. The number of aryl methyl sites for hydroxylation is 6. The van der Waals surface area contributed by atoms with E-state index in [0.29, 0.717) is 0 Å². The first-order valence-corrected chi connectivity index (χ1v) is 10.7. The van der Waals surface area contributed by atoms with Crippen molar-refractivity contribution in [2.45, 2.75) is 41.5 Å². The minimum absolute atomic E-state index is 0.755. The average molecular weight is 398 g/mol. The molecular formula is C25H39N3O. The third kappa shape index (κ3) is 7.06. The second kappa shape index (κ2) is 11.2. The first-order valence-electron chi connectivity index (χ1n) is 10.7. The van der Waals surface area contributed by atoms with Gasteiger partial charge in [0, 0.05) is 51.2 Å². The molecule has 2 aromatic carbocycles. The first kappa shape index (κ1) is 23.2. The highest BCUT2D eigenvalue weighted by Gasteiger charge is 2.08. The normalized spacial score (nSPS) is 11.2. The van der Waals surface area contributed by atoms with E-state index < -0.39 is 0 Å². The van der Waals surface area contributed by atoms with Crippen LogP contribution in [0.25, 0.3) is 0 Å². The highest BCUT2D eigenvalue weighted by molar-refractivity contribution is 5.59. The van der Waals surface area contributed by atoms with Crippen molar-refractivity contribution in [3.63, 3.8) is 0 Å². The summed E-state index contributed by atoms with van der Waals surface area (Å²) in [5.41, 5.74) is 10.4. The molecule has 0 heterocycles. The summed E-state index contributed by atoms with van der Waals surface area (Å²) in [7, 11) is 1.77. The van der Waals surface area contributed by atoms with Crippen molar-refractivity contribution in [3.05, 3.63) is 57.6 Å². The van der Waals surface area contributed by atoms with Crippen LogP contribution in [0.5, 0.6) is 0 Å². The zero-order valence-electron chi connectivity index (χ0n) is 19.4. The topological polar surface area (TPSA) is 36.5 Å². The van der Waals surface area contributed by atoms with E-state index in [0.717, 1.165) is 39.3 Å². The summed E-state index contributed by atoms with van der Waals surface area (Å²) in [6, 6.07) is 8.98. The standard InChI is InChI=1S/C25H39N3O/c1-18-14-20(3)24(21(4)15-18)26-8-10-28(12-13-29-7)11-9-27-25-22(5)16-19(2)17-23(25)6/h14-17,26-27H,8-13H2,1-7H3. The summed E-state index contributed by atoms with van der Waals surface area (Å²) in [5.74, 6) is 0. The molecular weight excluding hydrogens is 358 g/mol. The van der Waals surface area contributed by atoms with Gasteiger partial charge in [-0.05, 0) is 63.8 Å². The van der Waals surface area contributed by atoms with Crippen molar-refractivity contribution < 1.29 is 4.74 Å². The summed E-state index contributed by atoms with van der Waals surface area (Å²) in [4.78, 5) is 2.46. The fourth-order valence-electron chi connectivity index (χ4n) is 4.15. The highest BCUT2D eigenvalue weighted by Crippen LogP contribution is 2.22. The maximum atomic E-state index is 5.32. The summed E-state index contributed by atoms with van der Waals surface area (Å²) < 4.78 is 5.32. The molecule has 2 rings (SSSR count). The molecule has 0 unspecified atom stereocenters. The van der Waals surface area contributed by atoms with E-state index in [1.165, 1.54) is 44.8 Å².